The van der Waals surface area contributed by atoms with Crippen molar-refractivity contribution in [3.63, 3.8) is 0 Å². The smallest absolute Gasteiger partial charge is 0.0850 e. The SMILES string of the molecule is CN(CCCC(C#N)(c1ccccc1)C1CC1)CCc1ccc(Cl)cc1. The van der Waals surface area contributed by atoms with Gasteiger partial charge in [0.1, 0.15) is 0 Å². The summed E-state index contributed by atoms with van der Waals surface area (Å²) in [6.45, 7) is 2.05. The molecule has 136 valence electrons. The highest BCUT2D eigenvalue weighted by Crippen LogP contribution is 2.49. The van der Waals surface area contributed by atoms with Crippen molar-refractivity contribution in [1.29, 1.82) is 5.26 Å². The van der Waals surface area contributed by atoms with E-state index in [4.69, 9.17) is 11.6 Å². The lowest BCUT2D eigenvalue weighted by molar-refractivity contribution is 0.308. The number of hydrogen-bond donors (Lipinski definition) is 0. The van der Waals surface area contributed by atoms with Crippen LogP contribution in [0.25, 0.3) is 0 Å². The van der Waals surface area contributed by atoms with Crippen LogP contribution in [0.3, 0.4) is 0 Å². The number of likely N-dealkylation sites (N-methyl/N-ethyl adjacent to an activating group) is 1. The third-order valence-electron chi connectivity index (χ3n) is 5.57. The maximum Gasteiger partial charge on any atom is 0.0850 e. The monoisotopic (exact) mass is 366 g/mol. The fourth-order valence-electron chi connectivity index (χ4n) is 3.82. The Labute approximate surface area is 162 Å². The molecular weight excluding hydrogens is 340 g/mol. The Hall–Kier alpha value is -1.82. The van der Waals surface area contributed by atoms with Crippen LogP contribution < -0.4 is 0 Å². The van der Waals surface area contributed by atoms with Crippen LogP contribution in [0.4, 0.5) is 0 Å². The Kier molecular flexibility index (Phi) is 6.35. The Morgan fingerprint density at radius 3 is 2.38 bits per heavy atom. The van der Waals surface area contributed by atoms with Crippen molar-refractivity contribution in [2.75, 3.05) is 20.1 Å². The first-order valence-corrected chi connectivity index (χ1v) is 9.91. The number of hydrogen-bond acceptors (Lipinski definition) is 2. The van der Waals surface area contributed by atoms with E-state index in [1.54, 1.807) is 0 Å². The molecule has 0 radical (unpaired) electrons. The van der Waals surface area contributed by atoms with E-state index >= 15 is 0 Å². The van der Waals surface area contributed by atoms with Crippen LogP contribution in [0, 0.1) is 17.2 Å². The molecule has 0 aromatic heterocycles. The molecule has 1 fully saturated rings. The van der Waals surface area contributed by atoms with E-state index in [1.165, 1.54) is 24.0 Å². The minimum Gasteiger partial charge on any atom is -0.306 e. The van der Waals surface area contributed by atoms with Gasteiger partial charge in [0.25, 0.3) is 0 Å². The maximum atomic E-state index is 10.0. The second kappa shape index (κ2) is 8.71. The second-order valence-electron chi connectivity index (χ2n) is 7.51. The Morgan fingerprint density at radius 2 is 1.77 bits per heavy atom. The molecule has 1 unspecified atom stereocenters. The van der Waals surface area contributed by atoms with Gasteiger partial charge >= 0.3 is 0 Å². The van der Waals surface area contributed by atoms with Gasteiger partial charge in [-0.25, -0.2) is 0 Å². The van der Waals surface area contributed by atoms with Gasteiger partial charge in [-0.2, -0.15) is 5.26 Å². The van der Waals surface area contributed by atoms with Crippen molar-refractivity contribution in [2.45, 2.75) is 37.5 Å². The van der Waals surface area contributed by atoms with Crippen LogP contribution >= 0.6 is 11.6 Å². The highest BCUT2D eigenvalue weighted by Gasteiger charge is 2.46. The fraction of sp³-hybridized carbons (Fsp3) is 0.435. The number of nitrogens with zero attached hydrogens (tertiary/aromatic N) is 2. The Bertz CT molecular complexity index is 731. The standard InChI is InChI=1S/C23H27ClN2/c1-26(17-14-19-8-12-22(24)13-9-19)16-5-15-23(18-25,21-10-11-21)20-6-3-2-4-7-20/h2-4,6-9,12-13,21H,5,10-11,14-17H2,1H3. The predicted octanol–water partition coefficient (Wildman–Crippen LogP) is 5.47. The highest BCUT2D eigenvalue weighted by molar-refractivity contribution is 6.30. The lowest BCUT2D eigenvalue weighted by Crippen LogP contribution is -2.29. The van der Waals surface area contributed by atoms with Gasteiger partial charge in [-0.1, -0.05) is 54.1 Å². The molecule has 0 heterocycles. The van der Waals surface area contributed by atoms with E-state index in [9.17, 15) is 5.26 Å². The summed E-state index contributed by atoms with van der Waals surface area (Å²) in [7, 11) is 2.17. The van der Waals surface area contributed by atoms with E-state index in [2.05, 4.69) is 54.4 Å². The first-order valence-electron chi connectivity index (χ1n) is 9.54. The van der Waals surface area contributed by atoms with Gasteiger partial charge in [-0.3, -0.25) is 0 Å². The average molecular weight is 367 g/mol. The molecule has 26 heavy (non-hydrogen) atoms. The summed E-state index contributed by atoms with van der Waals surface area (Å²) in [5, 5.41) is 10.8. The average Bonchev–Trinajstić information content (AvgIpc) is 3.51. The van der Waals surface area contributed by atoms with Crippen LogP contribution in [0.15, 0.2) is 54.6 Å². The molecule has 0 aliphatic heterocycles. The van der Waals surface area contributed by atoms with Crippen LogP contribution in [0.2, 0.25) is 5.02 Å². The zero-order valence-corrected chi connectivity index (χ0v) is 16.3. The van der Waals surface area contributed by atoms with Crippen LogP contribution in [0.5, 0.6) is 0 Å². The molecule has 0 saturated heterocycles. The van der Waals surface area contributed by atoms with Crippen molar-refractivity contribution in [1.82, 2.24) is 4.90 Å². The summed E-state index contributed by atoms with van der Waals surface area (Å²) in [5.41, 5.74) is 2.22. The molecule has 0 spiro atoms. The zero-order chi connectivity index (χ0) is 18.4. The predicted molar refractivity (Wildman–Crippen MR) is 108 cm³/mol. The number of nitriles is 1. The van der Waals surface area contributed by atoms with Crippen molar-refractivity contribution in [2.24, 2.45) is 5.92 Å². The number of benzene rings is 2. The molecule has 3 heteroatoms. The van der Waals surface area contributed by atoms with Gasteiger partial charge in [-0.05, 0) is 74.9 Å². The molecule has 2 aromatic rings. The Morgan fingerprint density at radius 1 is 1.08 bits per heavy atom. The lowest BCUT2D eigenvalue weighted by atomic mass is 9.74. The Balaban J connectivity index is 1.52. The van der Waals surface area contributed by atoms with E-state index in [0.29, 0.717) is 5.92 Å². The first kappa shape index (κ1) is 19.0. The normalized spacial score (nSPS) is 16.2. The summed E-state index contributed by atoms with van der Waals surface area (Å²) in [6, 6.07) is 21.2. The summed E-state index contributed by atoms with van der Waals surface area (Å²) in [4.78, 5) is 2.37. The van der Waals surface area contributed by atoms with Gasteiger partial charge in [0.15, 0.2) is 0 Å². The summed E-state index contributed by atoms with van der Waals surface area (Å²) >= 11 is 5.94. The largest absolute Gasteiger partial charge is 0.306 e. The zero-order valence-electron chi connectivity index (χ0n) is 15.5. The highest BCUT2D eigenvalue weighted by atomic mass is 35.5. The molecule has 0 bridgehead atoms. The molecule has 0 amide bonds. The molecule has 1 aliphatic carbocycles. The van der Waals surface area contributed by atoms with E-state index < -0.39 is 0 Å². The minimum atomic E-state index is -0.293. The van der Waals surface area contributed by atoms with E-state index in [0.717, 1.165) is 37.4 Å². The second-order valence-corrected chi connectivity index (χ2v) is 7.94. The third kappa shape index (κ3) is 4.67. The molecular formula is C23H27ClN2. The van der Waals surface area contributed by atoms with Crippen LogP contribution in [0.1, 0.15) is 36.8 Å². The fourth-order valence-corrected chi connectivity index (χ4v) is 3.94. The molecule has 2 nitrogen and oxygen atoms in total. The van der Waals surface area contributed by atoms with E-state index in [-0.39, 0.29) is 5.41 Å². The number of rotatable bonds is 9. The lowest BCUT2D eigenvalue weighted by Gasteiger charge is -2.28. The molecule has 1 aliphatic rings. The first-order chi connectivity index (χ1) is 12.6. The topological polar surface area (TPSA) is 27.0 Å². The van der Waals surface area contributed by atoms with Gasteiger partial charge in [0.05, 0.1) is 11.5 Å². The molecule has 1 saturated carbocycles. The molecule has 2 aromatic carbocycles. The van der Waals surface area contributed by atoms with Crippen molar-refractivity contribution >= 4 is 11.6 Å². The molecule has 3 rings (SSSR count). The summed E-state index contributed by atoms with van der Waals surface area (Å²) < 4.78 is 0. The maximum absolute atomic E-state index is 10.0. The minimum absolute atomic E-state index is 0.293. The van der Waals surface area contributed by atoms with Crippen LogP contribution in [-0.2, 0) is 11.8 Å². The van der Waals surface area contributed by atoms with Gasteiger partial charge in [-0.15, -0.1) is 0 Å². The van der Waals surface area contributed by atoms with Crippen molar-refractivity contribution < 1.29 is 0 Å². The summed E-state index contributed by atoms with van der Waals surface area (Å²) in [5.74, 6) is 0.536. The van der Waals surface area contributed by atoms with Gasteiger partial charge < -0.3 is 4.90 Å². The molecule has 1 atom stereocenters. The van der Waals surface area contributed by atoms with E-state index in [1.807, 2.05) is 18.2 Å². The number of halogens is 1. The third-order valence-corrected chi connectivity index (χ3v) is 5.82. The van der Waals surface area contributed by atoms with Gasteiger partial charge in [0, 0.05) is 11.6 Å². The summed E-state index contributed by atoms with van der Waals surface area (Å²) in [6.07, 6.45) is 5.40. The van der Waals surface area contributed by atoms with Crippen LogP contribution in [-0.4, -0.2) is 25.0 Å². The van der Waals surface area contributed by atoms with Crippen molar-refractivity contribution in [3.05, 3.63) is 70.7 Å². The quantitative estimate of drug-likeness (QED) is 0.588. The van der Waals surface area contributed by atoms with Crippen molar-refractivity contribution in [3.8, 4) is 6.07 Å². The molecule has 0 N–H and O–H groups in total. The van der Waals surface area contributed by atoms with Gasteiger partial charge in [0.2, 0.25) is 0 Å².